The number of hydrogen-bond donors (Lipinski definition) is 3. The molecule has 0 heterocycles. The Morgan fingerprint density at radius 2 is 1.92 bits per heavy atom. The van der Waals surface area contributed by atoms with Crippen molar-refractivity contribution in [2.24, 2.45) is 0 Å². The molecule has 0 fully saturated rings. The van der Waals surface area contributed by atoms with E-state index in [9.17, 15) is 19.2 Å². The minimum Gasteiger partial charge on any atom is -0.454 e. The second kappa shape index (κ2) is 11.1. The standard InChI is InChI=1S/C17H23N3O5S/c1-11-5-4-6-13(9-11)16(23)18-14(7-8-26-3)17(24)25-10-15(22)20-19-12(2)21/h4-6,9,14H,7-8,10H2,1-3H3,(H,18,23)(H,19,21)(H,20,22)/t14-/m1/s1. The third-order valence-electron chi connectivity index (χ3n) is 3.20. The monoisotopic (exact) mass is 381 g/mol. The fourth-order valence-corrected chi connectivity index (χ4v) is 2.42. The van der Waals surface area contributed by atoms with Crippen LogP contribution in [0.1, 0.15) is 29.3 Å². The van der Waals surface area contributed by atoms with Crippen molar-refractivity contribution in [3.63, 3.8) is 0 Å². The molecule has 0 aliphatic carbocycles. The second-order valence-corrected chi connectivity index (χ2v) is 6.50. The van der Waals surface area contributed by atoms with E-state index in [0.29, 0.717) is 17.7 Å². The summed E-state index contributed by atoms with van der Waals surface area (Å²) in [5.41, 5.74) is 5.54. The van der Waals surface area contributed by atoms with Gasteiger partial charge >= 0.3 is 5.97 Å². The largest absolute Gasteiger partial charge is 0.454 e. The topological polar surface area (TPSA) is 114 Å². The zero-order chi connectivity index (χ0) is 19.5. The summed E-state index contributed by atoms with van der Waals surface area (Å²) >= 11 is 1.52. The van der Waals surface area contributed by atoms with Gasteiger partial charge in [-0.3, -0.25) is 25.2 Å². The first kappa shape index (κ1) is 21.5. The molecular weight excluding hydrogens is 358 g/mol. The maximum Gasteiger partial charge on any atom is 0.329 e. The number of carbonyl (C=O) groups is 4. The van der Waals surface area contributed by atoms with Gasteiger partial charge in [-0.15, -0.1) is 0 Å². The molecule has 0 bridgehead atoms. The maximum atomic E-state index is 12.3. The van der Waals surface area contributed by atoms with Gasteiger partial charge in [0.15, 0.2) is 6.61 Å². The minimum atomic E-state index is -0.871. The maximum absolute atomic E-state index is 12.3. The van der Waals surface area contributed by atoms with Crippen LogP contribution in [0.15, 0.2) is 24.3 Å². The molecule has 0 aliphatic rings. The van der Waals surface area contributed by atoms with Crippen LogP contribution in [0.5, 0.6) is 0 Å². The zero-order valence-electron chi connectivity index (χ0n) is 15.0. The van der Waals surface area contributed by atoms with Gasteiger partial charge in [-0.2, -0.15) is 11.8 Å². The summed E-state index contributed by atoms with van der Waals surface area (Å²) in [7, 11) is 0. The number of ether oxygens (including phenoxy) is 1. The van der Waals surface area contributed by atoms with E-state index >= 15 is 0 Å². The van der Waals surface area contributed by atoms with E-state index in [1.807, 2.05) is 19.2 Å². The molecule has 1 rings (SSSR count). The highest BCUT2D eigenvalue weighted by Crippen LogP contribution is 2.07. The number of hydrogen-bond acceptors (Lipinski definition) is 6. The van der Waals surface area contributed by atoms with Gasteiger partial charge in [0.1, 0.15) is 6.04 Å². The van der Waals surface area contributed by atoms with Crippen molar-refractivity contribution in [3.05, 3.63) is 35.4 Å². The molecule has 0 saturated heterocycles. The molecule has 1 atom stereocenters. The van der Waals surface area contributed by atoms with Gasteiger partial charge in [-0.25, -0.2) is 4.79 Å². The van der Waals surface area contributed by atoms with E-state index in [0.717, 1.165) is 5.56 Å². The highest BCUT2D eigenvalue weighted by Gasteiger charge is 2.23. The molecule has 0 spiro atoms. The molecule has 3 N–H and O–H groups in total. The van der Waals surface area contributed by atoms with Crippen LogP contribution in [0.3, 0.4) is 0 Å². The number of benzene rings is 1. The zero-order valence-corrected chi connectivity index (χ0v) is 15.8. The van der Waals surface area contributed by atoms with Crippen molar-refractivity contribution in [1.82, 2.24) is 16.2 Å². The molecule has 1 aromatic carbocycles. The van der Waals surface area contributed by atoms with E-state index in [2.05, 4.69) is 16.2 Å². The molecule has 1 aromatic rings. The first-order chi connectivity index (χ1) is 12.3. The number of hydrazine groups is 1. The molecule has 0 unspecified atom stereocenters. The lowest BCUT2D eigenvalue weighted by molar-refractivity contribution is -0.150. The van der Waals surface area contributed by atoms with Crippen LogP contribution in [0, 0.1) is 6.92 Å². The fourth-order valence-electron chi connectivity index (χ4n) is 1.94. The van der Waals surface area contributed by atoms with E-state index < -0.39 is 30.4 Å². The van der Waals surface area contributed by atoms with Crippen molar-refractivity contribution in [2.75, 3.05) is 18.6 Å². The fraction of sp³-hybridized carbons (Fsp3) is 0.412. The predicted octanol–water partition coefficient (Wildman–Crippen LogP) is 0.557. The quantitative estimate of drug-likeness (QED) is 0.448. The Morgan fingerprint density at radius 1 is 1.19 bits per heavy atom. The lowest BCUT2D eigenvalue weighted by Crippen LogP contribution is -2.45. The highest BCUT2D eigenvalue weighted by molar-refractivity contribution is 7.98. The molecule has 0 saturated carbocycles. The summed E-state index contributed by atoms with van der Waals surface area (Å²) in [5.74, 6) is -1.60. The Kier molecular flexibility index (Phi) is 9.21. The average molecular weight is 381 g/mol. The molecule has 0 aliphatic heterocycles. The first-order valence-corrected chi connectivity index (χ1v) is 9.31. The van der Waals surface area contributed by atoms with E-state index in [1.165, 1.54) is 18.7 Å². The lowest BCUT2D eigenvalue weighted by atomic mass is 10.1. The van der Waals surface area contributed by atoms with E-state index in [-0.39, 0.29) is 5.91 Å². The number of amides is 3. The van der Waals surface area contributed by atoms with Gasteiger partial charge in [0.2, 0.25) is 5.91 Å². The first-order valence-electron chi connectivity index (χ1n) is 7.92. The number of thioether (sulfide) groups is 1. The highest BCUT2D eigenvalue weighted by atomic mass is 32.2. The Bertz CT molecular complexity index is 666. The van der Waals surface area contributed by atoms with Gasteiger partial charge in [0, 0.05) is 12.5 Å². The summed E-state index contributed by atoms with van der Waals surface area (Å²) in [6.07, 6.45) is 2.25. The second-order valence-electron chi connectivity index (χ2n) is 5.51. The molecule has 3 amide bonds. The third kappa shape index (κ3) is 8.02. The number of nitrogens with one attached hydrogen (secondary N) is 3. The van der Waals surface area contributed by atoms with Gasteiger partial charge in [0.05, 0.1) is 0 Å². The van der Waals surface area contributed by atoms with Gasteiger partial charge in [0.25, 0.3) is 11.8 Å². The summed E-state index contributed by atoms with van der Waals surface area (Å²) in [4.78, 5) is 46.7. The van der Waals surface area contributed by atoms with Crippen molar-refractivity contribution in [3.8, 4) is 0 Å². The predicted molar refractivity (Wildman–Crippen MR) is 98.4 cm³/mol. The Labute approximate surface area is 156 Å². The van der Waals surface area contributed by atoms with Gasteiger partial charge in [-0.05, 0) is 37.5 Å². The van der Waals surface area contributed by atoms with Crippen LogP contribution in [0.25, 0.3) is 0 Å². The Morgan fingerprint density at radius 3 is 2.54 bits per heavy atom. The van der Waals surface area contributed by atoms with Crippen molar-refractivity contribution < 1.29 is 23.9 Å². The van der Waals surface area contributed by atoms with E-state index in [1.54, 1.807) is 18.2 Å². The molecule has 142 valence electrons. The Balaban J connectivity index is 2.64. The van der Waals surface area contributed by atoms with Crippen molar-refractivity contribution in [2.45, 2.75) is 26.3 Å². The van der Waals surface area contributed by atoms with Crippen LogP contribution in [-0.2, 0) is 19.1 Å². The molecule has 0 radical (unpaired) electrons. The summed E-state index contributed by atoms with van der Waals surface area (Å²) in [6.45, 7) is 2.53. The molecule has 8 nitrogen and oxygen atoms in total. The third-order valence-corrected chi connectivity index (χ3v) is 3.85. The molecule has 26 heavy (non-hydrogen) atoms. The SMILES string of the molecule is CSCC[C@@H](NC(=O)c1cccc(C)c1)C(=O)OCC(=O)NNC(C)=O. The van der Waals surface area contributed by atoms with Crippen molar-refractivity contribution >= 4 is 35.5 Å². The molecule has 9 heteroatoms. The number of esters is 1. The minimum absolute atomic E-state index is 0.366. The van der Waals surface area contributed by atoms with Crippen LogP contribution in [-0.4, -0.2) is 48.3 Å². The summed E-state index contributed by atoms with van der Waals surface area (Å²) < 4.78 is 4.93. The Hall–Kier alpha value is -2.55. The van der Waals surface area contributed by atoms with Crippen molar-refractivity contribution in [1.29, 1.82) is 0 Å². The molecular formula is C17H23N3O5S. The molecule has 0 aromatic heterocycles. The van der Waals surface area contributed by atoms with Crippen LogP contribution >= 0.6 is 11.8 Å². The van der Waals surface area contributed by atoms with E-state index in [4.69, 9.17) is 4.74 Å². The number of aryl methyl sites for hydroxylation is 1. The number of rotatable bonds is 8. The normalized spacial score (nSPS) is 11.2. The summed E-state index contributed by atoms with van der Waals surface area (Å²) in [5, 5.41) is 2.64. The lowest BCUT2D eigenvalue weighted by Gasteiger charge is -2.17. The van der Waals surface area contributed by atoms with Crippen LogP contribution in [0.2, 0.25) is 0 Å². The van der Waals surface area contributed by atoms with Gasteiger partial charge < -0.3 is 10.1 Å². The number of carbonyl (C=O) groups excluding carboxylic acids is 4. The summed E-state index contributed by atoms with van der Waals surface area (Å²) in [6, 6.07) is 6.12. The van der Waals surface area contributed by atoms with Crippen LogP contribution < -0.4 is 16.2 Å². The van der Waals surface area contributed by atoms with Crippen LogP contribution in [0.4, 0.5) is 0 Å². The van der Waals surface area contributed by atoms with Gasteiger partial charge in [-0.1, -0.05) is 17.7 Å². The average Bonchev–Trinajstić information content (AvgIpc) is 2.61. The smallest absolute Gasteiger partial charge is 0.329 e.